The van der Waals surface area contributed by atoms with Crippen molar-refractivity contribution in [2.45, 2.75) is 26.3 Å². The lowest BCUT2D eigenvalue weighted by atomic mass is 10.3. The largest absolute Gasteiger partial charge is 0.449 e. The van der Waals surface area contributed by atoms with E-state index >= 15 is 0 Å². The molecule has 0 heterocycles. The number of carbonyl (C=O) groups is 1. The number of hydrogen-bond donors (Lipinski definition) is 2. The van der Waals surface area contributed by atoms with Crippen LogP contribution in [-0.2, 0) is 4.74 Å². The molecule has 0 aliphatic carbocycles. The number of nitrogens with one attached hydrogen (secondary N) is 2. The molecule has 4 nitrogen and oxygen atoms in total. The van der Waals surface area contributed by atoms with Gasteiger partial charge in [0, 0.05) is 11.7 Å². The van der Waals surface area contributed by atoms with Crippen molar-refractivity contribution >= 4 is 35.0 Å². The summed E-state index contributed by atoms with van der Waals surface area (Å²) in [6.07, 6.45) is 0.274. The highest BCUT2D eigenvalue weighted by Crippen LogP contribution is 2.24. The summed E-state index contributed by atoms with van der Waals surface area (Å²) in [5, 5.41) is 6.66. The summed E-state index contributed by atoms with van der Waals surface area (Å²) in [6, 6.07) is 5.29. The van der Waals surface area contributed by atoms with Crippen LogP contribution in [0, 0.1) is 0 Å². The SMILES string of the molecule is CC(C)NCCCOC(=O)Nc1ccc(Cl)c(Cl)c1. The summed E-state index contributed by atoms with van der Waals surface area (Å²) in [7, 11) is 0. The molecular formula is C13H18Cl2N2O2. The minimum Gasteiger partial charge on any atom is -0.449 e. The molecular weight excluding hydrogens is 287 g/mol. The van der Waals surface area contributed by atoms with Crippen LogP contribution in [0.2, 0.25) is 10.0 Å². The van der Waals surface area contributed by atoms with Gasteiger partial charge < -0.3 is 10.1 Å². The highest BCUT2D eigenvalue weighted by Gasteiger charge is 2.05. The van der Waals surface area contributed by atoms with Crippen LogP contribution in [0.3, 0.4) is 0 Å². The Hall–Kier alpha value is -0.970. The molecule has 0 aliphatic heterocycles. The van der Waals surface area contributed by atoms with Gasteiger partial charge in [-0.25, -0.2) is 4.79 Å². The fourth-order valence-corrected chi connectivity index (χ4v) is 1.65. The van der Waals surface area contributed by atoms with E-state index in [0.717, 1.165) is 13.0 Å². The van der Waals surface area contributed by atoms with E-state index in [1.807, 2.05) is 0 Å². The lowest BCUT2D eigenvalue weighted by Crippen LogP contribution is -2.25. The molecule has 0 saturated carbocycles. The summed E-state index contributed by atoms with van der Waals surface area (Å²) >= 11 is 11.6. The van der Waals surface area contributed by atoms with Crippen LogP contribution in [0.1, 0.15) is 20.3 Å². The van der Waals surface area contributed by atoms with Crippen molar-refractivity contribution in [1.29, 1.82) is 0 Å². The normalized spacial score (nSPS) is 10.6. The summed E-state index contributed by atoms with van der Waals surface area (Å²) in [5.74, 6) is 0. The molecule has 1 amide bonds. The van der Waals surface area contributed by atoms with Gasteiger partial charge >= 0.3 is 6.09 Å². The zero-order valence-electron chi connectivity index (χ0n) is 11.0. The zero-order valence-corrected chi connectivity index (χ0v) is 12.5. The Kier molecular flexibility index (Phi) is 6.99. The van der Waals surface area contributed by atoms with Crippen molar-refractivity contribution in [3.63, 3.8) is 0 Å². The molecule has 2 N–H and O–H groups in total. The summed E-state index contributed by atoms with van der Waals surface area (Å²) in [4.78, 5) is 11.5. The Morgan fingerprint density at radius 3 is 2.68 bits per heavy atom. The molecule has 0 aromatic heterocycles. The smallest absolute Gasteiger partial charge is 0.411 e. The van der Waals surface area contributed by atoms with Crippen molar-refractivity contribution in [1.82, 2.24) is 5.32 Å². The van der Waals surface area contributed by atoms with E-state index in [-0.39, 0.29) is 0 Å². The standard InChI is InChI=1S/C13H18Cl2N2O2/c1-9(2)16-6-3-7-19-13(18)17-10-4-5-11(14)12(15)8-10/h4-5,8-9,16H,3,6-7H2,1-2H3,(H,17,18). The Balaban J connectivity index is 2.25. The van der Waals surface area contributed by atoms with E-state index in [9.17, 15) is 4.79 Å². The molecule has 0 bridgehead atoms. The topological polar surface area (TPSA) is 50.4 Å². The number of halogens is 2. The molecule has 0 aliphatic rings. The van der Waals surface area contributed by atoms with Crippen molar-refractivity contribution in [3.05, 3.63) is 28.2 Å². The van der Waals surface area contributed by atoms with Gasteiger partial charge in [-0.05, 0) is 31.2 Å². The molecule has 0 spiro atoms. The van der Waals surface area contributed by atoms with Gasteiger partial charge in [-0.15, -0.1) is 0 Å². The van der Waals surface area contributed by atoms with Crippen LogP contribution < -0.4 is 10.6 Å². The maximum absolute atomic E-state index is 11.5. The van der Waals surface area contributed by atoms with Gasteiger partial charge in [-0.1, -0.05) is 37.0 Å². The molecule has 0 fully saturated rings. The average Bonchev–Trinajstić information content (AvgIpc) is 2.33. The monoisotopic (exact) mass is 304 g/mol. The number of benzene rings is 1. The minimum absolute atomic E-state index is 0.368. The van der Waals surface area contributed by atoms with E-state index in [1.165, 1.54) is 0 Å². The Morgan fingerprint density at radius 2 is 2.05 bits per heavy atom. The zero-order chi connectivity index (χ0) is 14.3. The summed E-state index contributed by atoms with van der Waals surface area (Å²) in [5.41, 5.74) is 0.555. The number of amides is 1. The molecule has 0 atom stereocenters. The molecule has 1 aromatic rings. The van der Waals surface area contributed by atoms with Crippen LogP contribution in [0.25, 0.3) is 0 Å². The number of ether oxygens (including phenoxy) is 1. The molecule has 0 radical (unpaired) electrons. The van der Waals surface area contributed by atoms with Crippen LogP contribution >= 0.6 is 23.2 Å². The lowest BCUT2D eigenvalue weighted by molar-refractivity contribution is 0.160. The Labute approximate surface area is 123 Å². The molecule has 1 rings (SSSR count). The van der Waals surface area contributed by atoms with Gasteiger partial charge in [0.05, 0.1) is 16.7 Å². The van der Waals surface area contributed by atoms with Crippen molar-refractivity contribution < 1.29 is 9.53 Å². The van der Waals surface area contributed by atoms with Gasteiger partial charge in [-0.3, -0.25) is 5.32 Å². The van der Waals surface area contributed by atoms with Gasteiger partial charge in [0.2, 0.25) is 0 Å². The molecule has 1 aromatic carbocycles. The molecule has 19 heavy (non-hydrogen) atoms. The number of hydrogen-bond acceptors (Lipinski definition) is 3. The van der Waals surface area contributed by atoms with E-state index in [0.29, 0.717) is 28.4 Å². The highest BCUT2D eigenvalue weighted by molar-refractivity contribution is 6.42. The van der Waals surface area contributed by atoms with Crippen LogP contribution in [0.4, 0.5) is 10.5 Å². The van der Waals surface area contributed by atoms with Crippen molar-refractivity contribution in [3.8, 4) is 0 Å². The lowest BCUT2D eigenvalue weighted by Gasteiger charge is -2.09. The first-order valence-corrected chi connectivity index (χ1v) is 6.87. The maximum Gasteiger partial charge on any atom is 0.411 e. The van der Waals surface area contributed by atoms with Gasteiger partial charge in [0.1, 0.15) is 0 Å². The number of rotatable bonds is 6. The van der Waals surface area contributed by atoms with Crippen LogP contribution in [0.15, 0.2) is 18.2 Å². The van der Waals surface area contributed by atoms with Crippen molar-refractivity contribution in [2.75, 3.05) is 18.5 Å². The maximum atomic E-state index is 11.5. The van der Waals surface area contributed by atoms with Gasteiger partial charge in [-0.2, -0.15) is 0 Å². The fourth-order valence-electron chi connectivity index (χ4n) is 1.36. The second-order valence-electron chi connectivity index (χ2n) is 4.35. The minimum atomic E-state index is -0.497. The van der Waals surface area contributed by atoms with E-state index in [1.54, 1.807) is 18.2 Å². The van der Waals surface area contributed by atoms with Crippen LogP contribution in [0.5, 0.6) is 0 Å². The molecule has 106 valence electrons. The third kappa shape index (κ3) is 6.66. The second kappa shape index (κ2) is 8.25. The predicted octanol–water partition coefficient (Wildman–Crippen LogP) is 3.93. The Morgan fingerprint density at radius 1 is 1.32 bits per heavy atom. The van der Waals surface area contributed by atoms with E-state index in [2.05, 4.69) is 24.5 Å². The van der Waals surface area contributed by atoms with Crippen LogP contribution in [-0.4, -0.2) is 25.3 Å². The first-order chi connectivity index (χ1) is 8.99. The first-order valence-electron chi connectivity index (χ1n) is 6.11. The molecule has 0 saturated heterocycles. The first kappa shape index (κ1) is 16.1. The predicted molar refractivity (Wildman–Crippen MR) is 79.2 cm³/mol. The fraction of sp³-hybridized carbons (Fsp3) is 0.462. The third-order valence-electron chi connectivity index (χ3n) is 2.27. The summed E-state index contributed by atoms with van der Waals surface area (Å²) < 4.78 is 5.03. The summed E-state index contributed by atoms with van der Waals surface area (Å²) in [6.45, 7) is 5.32. The third-order valence-corrected chi connectivity index (χ3v) is 3.01. The van der Waals surface area contributed by atoms with E-state index in [4.69, 9.17) is 27.9 Å². The van der Waals surface area contributed by atoms with Gasteiger partial charge in [0.25, 0.3) is 0 Å². The number of anilines is 1. The highest BCUT2D eigenvalue weighted by atomic mass is 35.5. The second-order valence-corrected chi connectivity index (χ2v) is 5.17. The number of carbonyl (C=O) groups excluding carboxylic acids is 1. The van der Waals surface area contributed by atoms with Crippen molar-refractivity contribution in [2.24, 2.45) is 0 Å². The molecule has 6 heteroatoms. The Bertz CT molecular complexity index is 425. The average molecular weight is 305 g/mol. The van der Waals surface area contributed by atoms with E-state index < -0.39 is 6.09 Å². The quantitative estimate of drug-likeness (QED) is 0.783. The molecule has 0 unspecified atom stereocenters. The van der Waals surface area contributed by atoms with Gasteiger partial charge in [0.15, 0.2) is 0 Å².